The molecule has 0 heterocycles. The lowest BCUT2D eigenvalue weighted by Crippen LogP contribution is -1.94. The van der Waals surface area contributed by atoms with Gasteiger partial charge in [0, 0.05) is 0 Å². The zero-order valence-electron chi connectivity index (χ0n) is 27.3. The van der Waals surface area contributed by atoms with E-state index in [0.29, 0.717) is 0 Å². The van der Waals surface area contributed by atoms with E-state index in [1.165, 1.54) is 0 Å². The van der Waals surface area contributed by atoms with Gasteiger partial charge in [0.2, 0.25) is 0 Å². The van der Waals surface area contributed by atoms with Crippen molar-refractivity contribution in [3.63, 3.8) is 0 Å². The molecule has 0 aliphatic heterocycles. The van der Waals surface area contributed by atoms with E-state index in [9.17, 15) is 0 Å². The summed E-state index contributed by atoms with van der Waals surface area (Å²) in [5.41, 5.74) is 13.4. The average Bonchev–Trinajstić information content (AvgIpc) is 3.18. The van der Waals surface area contributed by atoms with Crippen LogP contribution in [0.5, 0.6) is 17.2 Å². The van der Waals surface area contributed by atoms with Crippen molar-refractivity contribution in [1.29, 1.82) is 0 Å². The van der Waals surface area contributed by atoms with E-state index in [1.807, 2.05) is 36.4 Å². The Balaban J connectivity index is 1.53. The average molecular weight is 625 g/mol. The Labute approximate surface area is 282 Å². The highest BCUT2D eigenvalue weighted by atomic mass is 16.5. The molecule has 0 bridgehead atoms. The van der Waals surface area contributed by atoms with Gasteiger partial charge in [-0.3, -0.25) is 0 Å². The Morgan fingerprint density at radius 2 is 0.521 bits per heavy atom. The molecule has 7 rings (SSSR count). The van der Waals surface area contributed by atoms with Crippen LogP contribution in [0.1, 0.15) is 0 Å². The van der Waals surface area contributed by atoms with Crippen LogP contribution in [-0.4, -0.2) is 21.3 Å². The molecule has 0 fully saturated rings. The predicted octanol–water partition coefficient (Wildman–Crippen LogP) is 11.7. The van der Waals surface area contributed by atoms with E-state index >= 15 is 0 Å². The van der Waals surface area contributed by atoms with Crippen molar-refractivity contribution < 1.29 is 14.2 Å². The fraction of sp³-hybridized carbons (Fsp3) is 0.0667. The van der Waals surface area contributed by atoms with Crippen LogP contribution in [0.2, 0.25) is 0 Å². The summed E-state index contributed by atoms with van der Waals surface area (Å²) >= 11 is 0. The Bertz CT molecular complexity index is 1910. The lowest BCUT2D eigenvalue weighted by atomic mass is 9.86. The third kappa shape index (κ3) is 6.19. The summed E-state index contributed by atoms with van der Waals surface area (Å²) in [6.45, 7) is 0. The normalized spacial score (nSPS) is 10.8. The summed E-state index contributed by atoms with van der Waals surface area (Å²) < 4.78 is 17.1. The molecule has 3 nitrogen and oxygen atoms in total. The third-order valence-corrected chi connectivity index (χ3v) is 8.80. The molecule has 0 N–H and O–H groups in total. The van der Waals surface area contributed by atoms with Gasteiger partial charge in [0.05, 0.1) is 21.3 Å². The van der Waals surface area contributed by atoms with Crippen molar-refractivity contribution >= 4 is 0 Å². The van der Waals surface area contributed by atoms with Crippen LogP contribution in [0.15, 0.2) is 164 Å². The molecule has 0 radical (unpaired) electrons. The maximum Gasteiger partial charge on any atom is 0.119 e. The minimum atomic E-state index is 0.817. The van der Waals surface area contributed by atoms with Crippen molar-refractivity contribution in [3.05, 3.63) is 164 Å². The van der Waals surface area contributed by atoms with Crippen molar-refractivity contribution in [2.75, 3.05) is 21.3 Å². The Morgan fingerprint density at radius 1 is 0.250 bits per heavy atom. The molecular formula is C45H36O3. The smallest absolute Gasteiger partial charge is 0.119 e. The molecule has 7 aromatic carbocycles. The molecular weight excluding hydrogens is 588 g/mol. The Kier molecular flexibility index (Phi) is 8.76. The summed E-state index contributed by atoms with van der Waals surface area (Å²) in [5, 5.41) is 0. The Hall–Kier alpha value is -6.06. The van der Waals surface area contributed by atoms with Gasteiger partial charge in [-0.05, 0) is 121 Å². The molecule has 234 valence electrons. The first kappa shape index (κ1) is 30.6. The number of hydrogen-bond donors (Lipinski definition) is 0. The summed E-state index contributed by atoms with van der Waals surface area (Å²) in [5.74, 6) is 2.45. The van der Waals surface area contributed by atoms with Gasteiger partial charge in [0.15, 0.2) is 0 Å². The molecule has 0 aromatic heterocycles. The number of ether oxygens (including phenoxy) is 3. The first-order valence-corrected chi connectivity index (χ1v) is 16.0. The van der Waals surface area contributed by atoms with Crippen LogP contribution in [-0.2, 0) is 0 Å². The van der Waals surface area contributed by atoms with E-state index in [2.05, 4.69) is 127 Å². The third-order valence-electron chi connectivity index (χ3n) is 8.80. The SMILES string of the molecule is COc1ccc(-c2cc(-c3ccc(OC)cc3-c3ccccc3)cc(-c3ccc(OC)cc3-c3ccccc3)c2)c(-c2ccccc2)c1. The van der Waals surface area contributed by atoms with Gasteiger partial charge in [-0.15, -0.1) is 0 Å². The summed E-state index contributed by atoms with van der Waals surface area (Å²) in [6.07, 6.45) is 0. The van der Waals surface area contributed by atoms with Crippen molar-refractivity contribution in [1.82, 2.24) is 0 Å². The highest BCUT2D eigenvalue weighted by Crippen LogP contribution is 2.44. The van der Waals surface area contributed by atoms with Gasteiger partial charge in [0.25, 0.3) is 0 Å². The van der Waals surface area contributed by atoms with Gasteiger partial charge >= 0.3 is 0 Å². The molecule has 0 saturated carbocycles. The van der Waals surface area contributed by atoms with Crippen LogP contribution in [0.3, 0.4) is 0 Å². The molecule has 0 amide bonds. The molecule has 0 aliphatic carbocycles. The molecule has 0 atom stereocenters. The van der Waals surface area contributed by atoms with Gasteiger partial charge in [0.1, 0.15) is 17.2 Å². The lowest BCUT2D eigenvalue weighted by molar-refractivity contribution is 0.415. The molecule has 0 spiro atoms. The second kappa shape index (κ2) is 13.7. The van der Waals surface area contributed by atoms with E-state index in [1.54, 1.807) is 21.3 Å². The van der Waals surface area contributed by atoms with Gasteiger partial charge in [-0.1, -0.05) is 109 Å². The van der Waals surface area contributed by atoms with E-state index in [4.69, 9.17) is 14.2 Å². The molecule has 7 aromatic rings. The van der Waals surface area contributed by atoms with Crippen molar-refractivity contribution in [2.45, 2.75) is 0 Å². The fourth-order valence-electron chi connectivity index (χ4n) is 6.37. The highest BCUT2D eigenvalue weighted by Gasteiger charge is 2.17. The van der Waals surface area contributed by atoms with E-state index < -0.39 is 0 Å². The van der Waals surface area contributed by atoms with Crippen molar-refractivity contribution in [2.24, 2.45) is 0 Å². The van der Waals surface area contributed by atoms with Crippen molar-refractivity contribution in [3.8, 4) is 84.0 Å². The lowest BCUT2D eigenvalue weighted by Gasteiger charge is -2.19. The van der Waals surface area contributed by atoms with Crippen LogP contribution in [0.25, 0.3) is 66.8 Å². The van der Waals surface area contributed by atoms with E-state index in [0.717, 1.165) is 84.0 Å². The molecule has 0 saturated heterocycles. The van der Waals surface area contributed by atoms with Gasteiger partial charge in [-0.2, -0.15) is 0 Å². The fourth-order valence-corrected chi connectivity index (χ4v) is 6.37. The van der Waals surface area contributed by atoms with Gasteiger partial charge in [-0.25, -0.2) is 0 Å². The standard InChI is InChI=1S/C45H36O3/c1-46-37-19-22-40(43(28-37)31-13-7-4-8-14-31)34-25-35(41-23-20-38(47-2)29-44(41)32-15-9-5-10-16-32)27-36(26-34)42-24-21-39(48-3)30-45(42)33-17-11-6-12-18-33/h4-30H,1-3H3. The number of benzene rings is 7. The zero-order chi connectivity index (χ0) is 32.9. The maximum absolute atomic E-state index is 5.70. The molecule has 0 aliphatic rings. The number of methoxy groups -OCH3 is 3. The largest absolute Gasteiger partial charge is 0.497 e. The summed E-state index contributed by atoms with van der Waals surface area (Å²) in [7, 11) is 5.14. The van der Waals surface area contributed by atoms with Crippen LogP contribution in [0, 0.1) is 0 Å². The van der Waals surface area contributed by atoms with Crippen LogP contribution in [0.4, 0.5) is 0 Å². The zero-order valence-corrected chi connectivity index (χ0v) is 27.3. The second-order valence-electron chi connectivity index (χ2n) is 11.6. The second-order valence-corrected chi connectivity index (χ2v) is 11.6. The molecule has 0 unspecified atom stereocenters. The maximum atomic E-state index is 5.70. The topological polar surface area (TPSA) is 27.7 Å². The Morgan fingerprint density at radius 3 is 0.771 bits per heavy atom. The van der Waals surface area contributed by atoms with Crippen LogP contribution < -0.4 is 14.2 Å². The monoisotopic (exact) mass is 624 g/mol. The van der Waals surface area contributed by atoms with Gasteiger partial charge < -0.3 is 14.2 Å². The quantitative estimate of drug-likeness (QED) is 0.160. The summed E-state index contributed by atoms with van der Waals surface area (Å²) in [6, 6.07) is 57.4. The predicted molar refractivity (Wildman–Crippen MR) is 199 cm³/mol. The highest BCUT2D eigenvalue weighted by molar-refractivity contribution is 5.94. The number of hydrogen-bond acceptors (Lipinski definition) is 3. The van der Waals surface area contributed by atoms with E-state index in [-0.39, 0.29) is 0 Å². The van der Waals surface area contributed by atoms with Crippen LogP contribution >= 0.6 is 0 Å². The first-order valence-electron chi connectivity index (χ1n) is 16.0. The number of rotatable bonds is 9. The molecule has 48 heavy (non-hydrogen) atoms. The first-order chi connectivity index (χ1) is 23.6. The minimum Gasteiger partial charge on any atom is -0.497 e. The minimum absolute atomic E-state index is 0.817. The molecule has 3 heteroatoms. The summed E-state index contributed by atoms with van der Waals surface area (Å²) in [4.78, 5) is 0.